The molecule has 4 aromatic rings. The Morgan fingerprint density at radius 1 is 0.907 bits per heavy atom. The summed E-state index contributed by atoms with van der Waals surface area (Å²) in [7, 11) is 0. The number of nitrogens with one attached hydrogen (secondary N) is 2. The molecule has 0 radical (unpaired) electrons. The van der Waals surface area contributed by atoms with E-state index in [1.54, 1.807) is 30.3 Å². The molecule has 5 nitrogen and oxygen atoms in total. The SMILES string of the molecule is O=C(N[C@H]1CCC[C@@H]1OCc1ccccc1)N[C@](Cc1ccccc1)(c1cc(F)cc(C(F)(F)F)c1)c1ccc(Cl)cn1. The maximum absolute atomic E-state index is 14.9. The lowest BCUT2D eigenvalue weighted by Gasteiger charge is -2.36. The van der Waals surface area contributed by atoms with Crippen molar-refractivity contribution >= 4 is 17.6 Å². The summed E-state index contributed by atoms with van der Waals surface area (Å²) in [6.45, 7) is 0.376. The van der Waals surface area contributed by atoms with E-state index in [2.05, 4.69) is 15.6 Å². The Balaban J connectivity index is 1.51. The van der Waals surface area contributed by atoms with Crippen LogP contribution in [0.1, 0.15) is 47.2 Å². The second kappa shape index (κ2) is 13.1. The second-order valence-corrected chi connectivity index (χ2v) is 11.1. The molecule has 0 saturated heterocycles. The average Bonchev–Trinajstić information content (AvgIpc) is 3.43. The molecular weight excluding hydrogens is 582 g/mol. The number of pyridine rings is 1. The van der Waals surface area contributed by atoms with Gasteiger partial charge in [-0.3, -0.25) is 4.98 Å². The first-order chi connectivity index (χ1) is 20.6. The van der Waals surface area contributed by atoms with Crippen LogP contribution in [-0.4, -0.2) is 23.2 Å². The zero-order valence-electron chi connectivity index (χ0n) is 23.1. The number of benzene rings is 3. The number of amides is 2. The molecule has 2 amide bonds. The molecule has 0 bridgehead atoms. The Hall–Kier alpha value is -3.95. The fraction of sp³-hybridized carbons (Fsp3) is 0.273. The highest BCUT2D eigenvalue weighted by Crippen LogP contribution is 2.38. The summed E-state index contributed by atoms with van der Waals surface area (Å²) in [5.74, 6) is -1.09. The Labute approximate surface area is 252 Å². The molecule has 1 fully saturated rings. The molecule has 1 aliphatic rings. The van der Waals surface area contributed by atoms with Gasteiger partial charge in [0.2, 0.25) is 0 Å². The third-order valence-electron chi connectivity index (χ3n) is 7.60. The third kappa shape index (κ3) is 7.53. The first-order valence-corrected chi connectivity index (χ1v) is 14.3. The number of carbonyl (C=O) groups is 1. The number of rotatable bonds is 9. The number of urea groups is 1. The molecule has 0 spiro atoms. The zero-order valence-corrected chi connectivity index (χ0v) is 23.8. The molecule has 1 heterocycles. The number of aromatic nitrogens is 1. The van der Waals surface area contributed by atoms with Gasteiger partial charge in [0.25, 0.3) is 0 Å². The van der Waals surface area contributed by atoms with E-state index in [9.17, 15) is 22.4 Å². The number of alkyl halides is 3. The number of nitrogens with zero attached hydrogens (tertiary/aromatic N) is 1. The topological polar surface area (TPSA) is 63.2 Å². The van der Waals surface area contributed by atoms with Crippen molar-refractivity contribution < 1.29 is 27.1 Å². The summed E-state index contributed by atoms with van der Waals surface area (Å²) in [6.07, 6.45) is -1.52. The van der Waals surface area contributed by atoms with E-state index in [0.29, 0.717) is 29.7 Å². The van der Waals surface area contributed by atoms with Crippen molar-refractivity contribution in [3.63, 3.8) is 0 Å². The lowest BCUT2D eigenvalue weighted by Crippen LogP contribution is -2.55. The largest absolute Gasteiger partial charge is 0.416 e. The number of ether oxygens (including phenoxy) is 1. The van der Waals surface area contributed by atoms with Crippen LogP contribution in [-0.2, 0) is 29.5 Å². The second-order valence-electron chi connectivity index (χ2n) is 10.6. The predicted octanol–water partition coefficient (Wildman–Crippen LogP) is 7.82. The van der Waals surface area contributed by atoms with E-state index in [1.807, 2.05) is 30.3 Å². The smallest absolute Gasteiger partial charge is 0.371 e. The molecule has 1 aliphatic carbocycles. The fourth-order valence-corrected chi connectivity index (χ4v) is 5.63. The number of hydrogen-bond donors (Lipinski definition) is 2. The molecule has 3 atom stereocenters. The van der Waals surface area contributed by atoms with Gasteiger partial charge < -0.3 is 15.4 Å². The van der Waals surface area contributed by atoms with Crippen molar-refractivity contribution in [1.82, 2.24) is 15.6 Å². The normalized spacial score (nSPS) is 18.2. The number of halogens is 5. The highest BCUT2D eigenvalue weighted by molar-refractivity contribution is 6.30. The van der Waals surface area contributed by atoms with Crippen LogP contribution in [0.4, 0.5) is 22.4 Å². The molecule has 1 aromatic heterocycles. The molecular formula is C33H30ClF4N3O2. The van der Waals surface area contributed by atoms with Crippen LogP contribution in [0.2, 0.25) is 5.02 Å². The minimum atomic E-state index is -4.82. The predicted molar refractivity (Wildman–Crippen MR) is 156 cm³/mol. The van der Waals surface area contributed by atoms with E-state index in [1.165, 1.54) is 18.3 Å². The summed E-state index contributed by atoms with van der Waals surface area (Å²) < 4.78 is 62.6. The first-order valence-electron chi connectivity index (χ1n) is 13.9. The van der Waals surface area contributed by atoms with Gasteiger partial charge in [-0.05, 0) is 66.3 Å². The minimum Gasteiger partial charge on any atom is -0.371 e. The van der Waals surface area contributed by atoms with Gasteiger partial charge in [0.05, 0.1) is 35.0 Å². The number of carbonyl (C=O) groups excluding carboxylic acids is 1. The standard InChI is InChI=1S/C33H30ClF4N3O2/c34-26-14-15-30(39-20-26)32(19-22-8-3-1-4-9-22,24-16-25(33(36,37)38)18-27(35)17-24)41-31(42)40-28-12-7-13-29(28)43-21-23-10-5-2-6-11-23/h1-6,8-11,14-18,20,28-29H,7,12-13,19,21H2,(H2,40,41,42)/t28-,29-,32+/m0/s1. The summed E-state index contributed by atoms with van der Waals surface area (Å²) >= 11 is 6.10. The molecule has 3 aromatic carbocycles. The van der Waals surface area contributed by atoms with Crippen molar-refractivity contribution in [1.29, 1.82) is 0 Å². The Morgan fingerprint density at radius 3 is 2.23 bits per heavy atom. The highest BCUT2D eigenvalue weighted by Gasteiger charge is 2.42. The average molecular weight is 612 g/mol. The van der Waals surface area contributed by atoms with Gasteiger partial charge in [-0.25, -0.2) is 9.18 Å². The van der Waals surface area contributed by atoms with Gasteiger partial charge in [-0.15, -0.1) is 0 Å². The molecule has 0 unspecified atom stereocenters. The summed E-state index contributed by atoms with van der Waals surface area (Å²) in [5, 5.41) is 6.18. The van der Waals surface area contributed by atoms with Crippen molar-refractivity contribution in [3.8, 4) is 0 Å². The van der Waals surface area contributed by atoms with Crippen molar-refractivity contribution in [2.24, 2.45) is 0 Å². The number of hydrogen-bond acceptors (Lipinski definition) is 3. The van der Waals surface area contributed by atoms with Gasteiger partial charge in [0.15, 0.2) is 0 Å². The Bertz CT molecular complexity index is 1520. The van der Waals surface area contributed by atoms with E-state index in [0.717, 1.165) is 30.5 Å². The van der Waals surface area contributed by atoms with Gasteiger partial charge in [-0.2, -0.15) is 13.2 Å². The lowest BCUT2D eigenvalue weighted by molar-refractivity contribution is -0.137. The fourth-order valence-electron chi connectivity index (χ4n) is 5.52. The van der Waals surface area contributed by atoms with Gasteiger partial charge in [0.1, 0.15) is 11.4 Å². The lowest BCUT2D eigenvalue weighted by atomic mass is 9.79. The summed E-state index contributed by atoms with van der Waals surface area (Å²) in [6, 6.07) is 22.9. The minimum absolute atomic E-state index is 0.0186. The van der Waals surface area contributed by atoms with E-state index < -0.39 is 29.1 Å². The van der Waals surface area contributed by atoms with Crippen LogP contribution >= 0.6 is 11.6 Å². The zero-order chi connectivity index (χ0) is 30.5. The summed E-state index contributed by atoms with van der Waals surface area (Å²) in [4.78, 5) is 18.2. The monoisotopic (exact) mass is 611 g/mol. The van der Waals surface area contributed by atoms with Crippen molar-refractivity contribution in [3.05, 3.63) is 136 Å². The van der Waals surface area contributed by atoms with Crippen LogP contribution in [0.5, 0.6) is 0 Å². The Morgan fingerprint density at radius 2 is 1.58 bits per heavy atom. The molecule has 43 heavy (non-hydrogen) atoms. The van der Waals surface area contributed by atoms with Crippen molar-refractivity contribution in [2.75, 3.05) is 0 Å². The Kier molecular flexibility index (Phi) is 9.32. The van der Waals surface area contributed by atoms with Crippen LogP contribution < -0.4 is 10.6 Å². The maximum atomic E-state index is 14.9. The molecule has 1 saturated carbocycles. The van der Waals surface area contributed by atoms with Crippen LogP contribution in [0.25, 0.3) is 0 Å². The quantitative estimate of drug-likeness (QED) is 0.190. The molecule has 0 aliphatic heterocycles. The van der Waals surface area contributed by atoms with Crippen LogP contribution in [0, 0.1) is 5.82 Å². The molecule has 2 N–H and O–H groups in total. The molecule has 10 heteroatoms. The van der Waals surface area contributed by atoms with Crippen LogP contribution in [0.15, 0.2) is 97.2 Å². The highest BCUT2D eigenvalue weighted by atomic mass is 35.5. The van der Waals surface area contributed by atoms with E-state index in [-0.39, 0.29) is 29.8 Å². The molecule has 224 valence electrons. The molecule has 5 rings (SSSR count). The maximum Gasteiger partial charge on any atom is 0.416 e. The van der Waals surface area contributed by atoms with E-state index in [4.69, 9.17) is 16.3 Å². The summed E-state index contributed by atoms with van der Waals surface area (Å²) in [5.41, 5.74) is -1.12. The van der Waals surface area contributed by atoms with Crippen molar-refractivity contribution in [2.45, 2.75) is 56.2 Å². The third-order valence-corrected chi connectivity index (χ3v) is 7.82. The van der Waals surface area contributed by atoms with E-state index >= 15 is 0 Å². The van der Waals surface area contributed by atoms with Gasteiger partial charge in [0, 0.05) is 12.6 Å². The van der Waals surface area contributed by atoms with Gasteiger partial charge in [-0.1, -0.05) is 72.3 Å². The van der Waals surface area contributed by atoms with Crippen LogP contribution in [0.3, 0.4) is 0 Å². The first kappa shape index (κ1) is 30.5. The van der Waals surface area contributed by atoms with Gasteiger partial charge >= 0.3 is 12.2 Å².